The van der Waals surface area contributed by atoms with Gasteiger partial charge in [0, 0.05) is 32.7 Å². The van der Waals surface area contributed by atoms with Crippen molar-refractivity contribution in [2.45, 2.75) is 30.8 Å². The van der Waals surface area contributed by atoms with Crippen LogP contribution in [0.2, 0.25) is 0 Å². The number of carbonyl (C=O) groups excluding carboxylic acids is 1. The minimum absolute atomic E-state index is 0.180. The SMILES string of the molecule is CNC(=O)c1ccc(S(=O)(=O)N(C)Cc2ccccc2CN2CCCC2)cc1. The summed E-state index contributed by atoms with van der Waals surface area (Å²) >= 11 is 0. The number of nitrogens with one attached hydrogen (secondary N) is 1. The number of sulfonamides is 1. The molecule has 1 aliphatic rings. The highest BCUT2D eigenvalue weighted by Gasteiger charge is 2.22. The van der Waals surface area contributed by atoms with E-state index in [1.54, 1.807) is 14.1 Å². The van der Waals surface area contributed by atoms with Gasteiger partial charge >= 0.3 is 0 Å². The third kappa shape index (κ3) is 4.60. The lowest BCUT2D eigenvalue weighted by molar-refractivity contribution is 0.0963. The summed E-state index contributed by atoms with van der Waals surface area (Å²) < 4.78 is 27.3. The van der Waals surface area contributed by atoms with Crippen molar-refractivity contribution in [2.75, 3.05) is 27.2 Å². The second-order valence-electron chi connectivity index (χ2n) is 7.12. The van der Waals surface area contributed by atoms with Gasteiger partial charge in [0.2, 0.25) is 10.0 Å². The van der Waals surface area contributed by atoms with Gasteiger partial charge in [0.25, 0.3) is 5.91 Å². The second-order valence-corrected chi connectivity index (χ2v) is 9.16. The van der Waals surface area contributed by atoms with E-state index >= 15 is 0 Å². The Labute approximate surface area is 167 Å². The number of likely N-dealkylation sites (tertiary alicyclic amines) is 1. The normalized spacial score (nSPS) is 15.1. The summed E-state index contributed by atoms with van der Waals surface area (Å²) in [5.41, 5.74) is 2.61. The van der Waals surface area contributed by atoms with Crippen LogP contribution in [-0.2, 0) is 23.1 Å². The van der Waals surface area contributed by atoms with Gasteiger partial charge in [0.15, 0.2) is 0 Å². The molecule has 0 spiro atoms. The number of benzene rings is 2. The maximum atomic E-state index is 13.0. The standard InChI is InChI=1S/C21H27N3O3S/c1-22-21(25)17-9-11-20(12-10-17)28(26,27)23(2)15-18-7-3-4-8-19(18)16-24-13-5-6-14-24/h3-4,7-12H,5-6,13-16H2,1-2H3,(H,22,25). The quantitative estimate of drug-likeness (QED) is 0.774. The Hall–Kier alpha value is -2.22. The highest BCUT2D eigenvalue weighted by molar-refractivity contribution is 7.89. The highest BCUT2D eigenvalue weighted by Crippen LogP contribution is 2.21. The smallest absolute Gasteiger partial charge is 0.251 e. The summed E-state index contributed by atoms with van der Waals surface area (Å²) in [5.74, 6) is -0.242. The average molecular weight is 402 g/mol. The average Bonchev–Trinajstić information content (AvgIpc) is 3.22. The van der Waals surface area contributed by atoms with Gasteiger partial charge in [-0.1, -0.05) is 24.3 Å². The number of hydrogen-bond acceptors (Lipinski definition) is 4. The molecule has 1 heterocycles. The number of carbonyl (C=O) groups is 1. The number of rotatable bonds is 7. The second kappa shape index (κ2) is 8.86. The molecule has 1 amide bonds. The third-order valence-corrected chi connectivity index (χ3v) is 6.97. The molecule has 0 radical (unpaired) electrons. The highest BCUT2D eigenvalue weighted by atomic mass is 32.2. The first-order chi connectivity index (χ1) is 13.4. The van der Waals surface area contributed by atoms with E-state index in [0.717, 1.165) is 25.2 Å². The summed E-state index contributed by atoms with van der Waals surface area (Å²) in [7, 11) is -0.508. The van der Waals surface area contributed by atoms with Crippen molar-refractivity contribution < 1.29 is 13.2 Å². The van der Waals surface area contributed by atoms with Crippen LogP contribution in [0, 0.1) is 0 Å². The molecule has 1 N–H and O–H groups in total. The maximum Gasteiger partial charge on any atom is 0.251 e. The van der Waals surface area contributed by atoms with Crippen LogP contribution in [0.15, 0.2) is 53.4 Å². The van der Waals surface area contributed by atoms with E-state index in [1.165, 1.54) is 47.0 Å². The van der Waals surface area contributed by atoms with E-state index in [-0.39, 0.29) is 10.8 Å². The topological polar surface area (TPSA) is 69.7 Å². The van der Waals surface area contributed by atoms with Gasteiger partial charge < -0.3 is 5.32 Å². The predicted octanol–water partition coefficient (Wildman–Crippen LogP) is 2.46. The van der Waals surface area contributed by atoms with E-state index in [2.05, 4.69) is 16.3 Å². The Morgan fingerprint density at radius 1 is 1.04 bits per heavy atom. The van der Waals surface area contributed by atoms with Gasteiger partial charge in [-0.05, 0) is 61.3 Å². The summed E-state index contributed by atoms with van der Waals surface area (Å²) in [4.78, 5) is 14.2. The van der Waals surface area contributed by atoms with Crippen molar-refractivity contribution >= 4 is 15.9 Å². The van der Waals surface area contributed by atoms with Crippen molar-refractivity contribution in [2.24, 2.45) is 0 Å². The molecule has 1 fully saturated rings. The zero-order chi connectivity index (χ0) is 20.1. The molecule has 150 valence electrons. The molecule has 3 rings (SSSR count). The third-order valence-electron chi connectivity index (χ3n) is 5.16. The van der Waals surface area contributed by atoms with Crippen LogP contribution in [0.3, 0.4) is 0 Å². The van der Waals surface area contributed by atoms with Crippen LogP contribution in [0.4, 0.5) is 0 Å². The van der Waals surface area contributed by atoms with Gasteiger partial charge in [-0.3, -0.25) is 9.69 Å². The van der Waals surface area contributed by atoms with Gasteiger partial charge in [0.05, 0.1) is 4.90 Å². The van der Waals surface area contributed by atoms with E-state index in [9.17, 15) is 13.2 Å². The summed E-state index contributed by atoms with van der Waals surface area (Å²) in [6.45, 7) is 3.36. The van der Waals surface area contributed by atoms with Crippen LogP contribution in [0.25, 0.3) is 0 Å². The predicted molar refractivity (Wildman–Crippen MR) is 109 cm³/mol. The summed E-state index contributed by atoms with van der Waals surface area (Å²) in [6, 6.07) is 14.0. The Balaban J connectivity index is 1.76. The van der Waals surface area contributed by atoms with Crippen molar-refractivity contribution in [1.29, 1.82) is 0 Å². The zero-order valence-electron chi connectivity index (χ0n) is 16.4. The largest absolute Gasteiger partial charge is 0.355 e. The maximum absolute atomic E-state index is 13.0. The minimum Gasteiger partial charge on any atom is -0.355 e. The Kier molecular flexibility index (Phi) is 6.49. The van der Waals surface area contributed by atoms with Crippen molar-refractivity contribution in [3.63, 3.8) is 0 Å². The van der Waals surface area contributed by atoms with E-state index in [0.29, 0.717) is 12.1 Å². The molecule has 0 bridgehead atoms. The van der Waals surface area contributed by atoms with E-state index in [4.69, 9.17) is 0 Å². The first kappa shape index (κ1) is 20.5. The molecule has 6 nitrogen and oxygen atoms in total. The van der Waals surface area contributed by atoms with Crippen LogP contribution in [0.1, 0.15) is 34.3 Å². The Morgan fingerprint density at radius 3 is 2.25 bits per heavy atom. The van der Waals surface area contributed by atoms with Crippen LogP contribution >= 0.6 is 0 Å². The van der Waals surface area contributed by atoms with Gasteiger partial charge in [-0.25, -0.2) is 8.42 Å². The molecule has 0 unspecified atom stereocenters. The number of amides is 1. The lowest BCUT2D eigenvalue weighted by Gasteiger charge is -2.21. The Morgan fingerprint density at radius 2 is 1.64 bits per heavy atom. The lowest BCUT2D eigenvalue weighted by atomic mass is 10.1. The molecular formula is C21H27N3O3S. The fraction of sp³-hybridized carbons (Fsp3) is 0.381. The molecule has 2 aromatic carbocycles. The van der Waals surface area contributed by atoms with Crippen molar-refractivity contribution in [3.05, 3.63) is 65.2 Å². The molecular weight excluding hydrogens is 374 g/mol. The van der Waals surface area contributed by atoms with Crippen LogP contribution < -0.4 is 5.32 Å². The van der Waals surface area contributed by atoms with Gasteiger partial charge in [-0.15, -0.1) is 0 Å². The molecule has 1 saturated heterocycles. The molecule has 28 heavy (non-hydrogen) atoms. The molecule has 0 saturated carbocycles. The van der Waals surface area contributed by atoms with Crippen LogP contribution in [0.5, 0.6) is 0 Å². The molecule has 0 atom stereocenters. The fourth-order valence-corrected chi connectivity index (χ4v) is 4.62. The fourth-order valence-electron chi connectivity index (χ4n) is 3.48. The summed E-state index contributed by atoms with van der Waals surface area (Å²) in [5, 5.41) is 2.53. The lowest BCUT2D eigenvalue weighted by Crippen LogP contribution is -2.28. The molecule has 2 aromatic rings. The molecule has 7 heteroatoms. The van der Waals surface area contributed by atoms with Crippen LogP contribution in [-0.4, -0.2) is 50.7 Å². The van der Waals surface area contributed by atoms with E-state index < -0.39 is 10.0 Å². The molecule has 0 aliphatic carbocycles. The first-order valence-corrected chi connectivity index (χ1v) is 10.9. The first-order valence-electron chi connectivity index (χ1n) is 9.49. The number of hydrogen-bond donors (Lipinski definition) is 1. The number of nitrogens with zero attached hydrogens (tertiary/aromatic N) is 2. The molecule has 0 aromatic heterocycles. The monoisotopic (exact) mass is 401 g/mol. The minimum atomic E-state index is -3.64. The molecule has 1 aliphatic heterocycles. The zero-order valence-corrected chi connectivity index (χ0v) is 17.2. The van der Waals surface area contributed by atoms with Gasteiger partial charge in [0.1, 0.15) is 0 Å². The summed E-state index contributed by atoms with van der Waals surface area (Å²) in [6.07, 6.45) is 2.45. The van der Waals surface area contributed by atoms with E-state index in [1.807, 2.05) is 18.2 Å². The van der Waals surface area contributed by atoms with Gasteiger partial charge in [-0.2, -0.15) is 4.31 Å². The van der Waals surface area contributed by atoms with Crippen molar-refractivity contribution in [1.82, 2.24) is 14.5 Å². The van der Waals surface area contributed by atoms with Crippen molar-refractivity contribution in [3.8, 4) is 0 Å². The Bertz CT molecular complexity index is 920.